The van der Waals surface area contributed by atoms with Crippen molar-refractivity contribution in [1.29, 1.82) is 0 Å². The number of ketones is 1. The summed E-state index contributed by atoms with van der Waals surface area (Å²) in [5.41, 5.74) is -1.93. The van der Waals surface area contributed by atoms with E-state index >= 15 is 0 Å². The minimum atomic E-state index is -2.76. The Hall–Kier alpha value is -2.87. The topological polar surface area (TPSA) is 122 Å². The molecule has 0 aliphatic heterocycles. The molecular formula is C31H46NO7. The molecule has 1 rings (SSSR count). The molecule has 0 aliphatic carbocycles. The van der Waals surface area contributed by atoms with Crippen LogP contribution < -0.4 is 14.8 Å². The third kappa shape index (κ3) is 13.2. The van der Waals surface area contributed by atoms with Crippen molar-refractivity contribution in [2.24, 2.45) is 5.92 Å². The molecule has 8 heteroatoms. The normalized spacial score (nSPS) is 13.6. The van der Waals surface area contributed by atoms with Crippen LogP contribution in [0.1, 0.15) is 89.5 Å². The zero-order chi connectivity index (χ0) is 29.1. The Bertz CT molecular complexity index is 910. The molecule has 2 atom stereocenters. The number of hydrogen-bond donors (Lipinski definition) is 3. The van der Waals surface area contributed by atoms with Crippen LogP contribution in [0.5, 0.6) is 11.5 Å². The summed E-state index contributed by atoms with van der Waals surface area (Å²) in [4.78, 5) is 36.2. The van der Waals surface area contributed by atoms with Gasteiger partial charge in [-0.1, -0.05) is 63.7 Å². The third-order valence-corrected chi connectivity index (χ3v) is 6.59. The molecule has 0 spiro atoms. The van der Waals surface area contributed by atoms with Crippen LogP contribution in [0.15, 0.2) is 30.4 Å². The molecule has 0 saturated carbocycles. The zero-order valence-electron chi connectivity index (χ0n) is 23.7. The zero-order valence-corrected chi connectivity index (χ0v) is 23.7. The molecule has 0 aliphatic rings. The van der Waals surface area contributed by atoms with Gasteiger partial charge in [-0.15, -0.1) is 0 Å². The predicted octanol–water partition coefficient (Wildman–Crippen LogP) is 5.49. The van der Waals surface area contributed by atoms with Gasteiger partial charge in [-0.05, 0) is 49.8 Å². The van der Waals surface area contributed by atoms with Crippen LogP contribution in [0.3, 0.4) is 0 Å². The number of aliphatic hydroxyl groups is 1. The van der Waals surface area contributed by atoms with Gasteiger partial charge in [0.2, 0.25) is 5.91 Å². The molecule has 1 aromatic rings. The molecule has 8 nitrogen and oxygen atoms in total. The highest BCUT2D eigenvalue weighted by atomic mass is 16.5. The number of hydrogen-bond acceptors (Lipinski definition) is 6. The van der Waals surface area contributed by atoms with Crippen molar-refractivity contribution in [2.45, 2.75) is 96.0 Å². The van der Waals surface area contributed by atoms with E-state index < -0.39 is 23.4 Å². The summed E-state index contributed by atoms with van der Waals surface area (Å²) in [6.45, 7) is 9.23. The van der Waals surface area contributed by atoms with E-state index in [0.29, 0.717) is 43.0 Å². The summed E-state index contributed by atoms with van der Waals surface area (Å²) < 4.78 is 10.5. The van der Waals surface area contributed by atoms with Crippen LogP contribution >= 0.6 is 0 Å². The highest BCUT2D eigenvalue weighted by Gasteiger charge is 2.42. The van der Waals surface area contributed by atoms with Gasteiger partial charge in [-0.25, -0.2) is 4.79 Å². The second-order valence-corrected chi connectivity index (χ2v) is 9.80. The van der Waals surface area contributed by atoms with E-state index in [2.05, 4.69) is 12.2 Å². The van der Waals surface area contributed by atoms with E-state index in [0.717, 1.165) is 44.1 Å². The Morgan fingerprint density at radius 2 is 1.59 bits per heavy atom. The molecule has 3 radical (unpaired) electrons. The first-order chi connectivity index (χ1) is 18.7. The van der Waals surface area contributed by atoms with E-state index in [4.69, 9.17) is 16.4 Å². The van der Waals surface area contributed by atoms with Crippen molar-refractivity contribution in [1.82, 2.24) is 5.32 Å². The predicted molar refractivity (Wildman–Crippen MR) is 151 cm³/mol. The number of Topliss-reactive ketones (excluding diaryl/α,β-unsaturated/α-hetero) is 1. The van der Waals surface area contributed by atoms with Crippen molar-refractivity contribution >= 4 is 17.7 Å². The van der Waals surface area contributed by atoms with E-state index in [1.54, 1.807) is 18.2 Å². The SMILES string of the molecule is [CH][C@@](O)(C(=O)O)[C@H](/C=C/CCCCCCC(=O)CCCCCCC)C(=O)N[CH]Cc1ccc(OC)c(OC)c1. The molecule has 1 aromatic carbocycles. The number of carboxylic acids is 1. The molecule has 217 valence electrons. The average molecular weight is 545 g/mol. The monoisotopic (exact) mass is 544 g/mol. The van der Waals surface area contributed by atoms with Gasteiger partial charge >= 0.3 is 5.97 Å². The summed E-state index contributed by atoms with van der Waals surface area (Å²) in [6.07, 6.45) is 14.5. The molecule has 0 aromatic heterocycles. The lowest BCUT2D eigenvalue weighted by Gasteiger charge is -2.25. The molecular weight excluding hydrogens is 498 g/mol. The number of aliphatic carboxylic acids is 1. The Morgan fingerprint density at radius 1 is 0.974 bits per heavy atom. The first kappa shape index (κ1) is 34.2. The van der Waals surface area contributed by atoms with E-state index in [9.17, 15) is 24.6 Å². The van der Waals surface area contributed by atoms with Gasteiger partial charge in [0.05, 0.1) is 26.7 Å². The Morgan fingerprint density at radius 3 is 2.18 bits per heavy atom. The largest absolute Gasteiger partial charge is 0.493 e. The van der Waals surface area contributed by atoms with Crippen molar-refractivity contribution in [3.8, 4) is 11.5 Å². The fourth-order valence-electron chi connectivity index (χ4n) is 4.15. The fraction of sp³-hybridized carbons (Fsp3) is 0.581. The van der Waals surface area contributed by atoms with Gasteiger partial charge in [-0.3, -0.25) is 9.59 Å². The Balaban J connectivity index is 2.46. The third-order valence-electron chi connectivity index (χ3n) is 6.59. The maximum Gasteiger partial charge on any atom is 0.337 e. The Kier molecular flexibility index (Phi) is 16.8. The molecule has 0 heterocycles. The van der Waals surface area contributed by atoms with Crippen molar-refractivity contribution in [2.75, 3.05) is 14.2 Å². The lowest BCUT2D eigenvalue weighted by Crippen LogP contribution is -2.49. The second-order valence-electron chi connectivity index (χ2n) is 9.80. The van der Waals surface area contributed by atoms with Gasteiger partial charge in [0.1, 0.15) is 5.78 Å². The maximum absolute atomic E-state index is 12.7. The number of ether oxygens (including phenoxy) is 2. The number of unbranched alkanes of at least 4 members (excludes halogenated alkanes) is 8. The highest BCUT2D eigenvalue weighted by molar-refractivity contribution is 5.91. The molecule has 3 N–H and O–H groups in total. The van der Waals surface area contributed by atoms with Crippen molar-refractivity contribution < 1.29 is 34.1 Å². The van der Waals surface area contributed by atoms with Gasteiger partial charge in [0.25, 0.3) is 0 Å². The second kappa shape index (κ2) is 19.2. The van der Waals surface area contributed by atoms with Crippen LogP contribution in [-0.4, -0.2) is 47.7 Å². The molecule has 0 saturated heterocycles. The first-order valence-corrected chi connectivity index (χ1v) is 13.9. The Labute approximate surface area is 234 Å². The lowest BCUT2D eigenvalue weighted by molar-refractivity contribution is -0.160. The summed E-state index contributed by atoms with van der Waals surface area (Å²) in [5, 5.41) is 22.2. The number of nitrogens with one attached hydrogen (secondary N) is 1. The minimum absolute atomic E-state index is 0.332. The summed E-state index contributed by atoms with van der Waals surface area (Å²) in [7, 11) is 3.06. The van der Waals surface area contributed by atoms with Gasteiger partial charge in [0, 0.05) is 19.8 Å². The van der Waals surface area contributed by atoms with Crippen LogP contribution in [0, 0.1) is 19.4 Å². The van der Waals surface area contributed by atoms with Gasteiger partial charge < -0.3 is 25.0 Å². The van der Waals surface area contributed by atoms with Crippen LogP contribution in [0.4, 0.5) is 0 Å². The smallest absolute Gasteiger partial charge is 0.337 e. The minimum Gasteiger partial charge on any atom is -0.493 e. The number of carboxylic acid groups (broad SMARTS) is 1. The average Bonchev–Trinajstić information content (AvgIpc) is 2.91. The number of amides is 1. The van der Waals surface area contributed by atoms with E-state index in [1.165, 1.54) is 46.1 Å². The number of rotatable bonds is 22. The van der Waals surface area contributed by atoms with Gasteiger partial charge in [0.15, 0.2) is 17.1 Å². The fourth-order valence-corrected chi connectivity index (χ4v) is 4.15. The molecule has 1 amide bonds. The first-order valence-electron chi connectivity index (χ1n) is 13.9. The number of carbonyl (C=O) groups excluding carboxylic acids is 2. The standard InChI is InChI=1S/C31H46NO7/c1-5-6-7-10-13-16-25(33)17-14-11-8-9-12-15-18-26(31(2,37)30(35)36)29(34)32-22-21-24-19-20-27(38-3)28(23-24)39-4/h2,15,18-20,22-23,26,37H,5-14,16-17,21H2,1,3-4H3,(H,32,34)(H,35,36)/b18-15+/t26-,31+/m1/s1. The van der Waals surface area contributed by atoms with Crippen LogP contribution in [0.25, 0.3) is 0 Å². The number of allylic oxidation sites excluding steroid dienone is 1. The molecule has 39 heavy (non-hydrogen) atoms. The summed E-state index contributed by atoms with van der Waals surface area (Å²) in [6, 6.07) is 5.31. The summed E-state index contributed by atoms with van der Waals surface area (Å²) in [5.74, 6) is -2.45. The van der Waals surface area contributed by atoms with Crippen molar-refractivity contribution in [3.63, 3.8) is 0 Å². The quantitative estimate of drug-likeness (QED) is 0.130. The van der Waals surface area contributed by atoms with E-state index in [-0.39, 0.29) is 0 Å². The maximum atomic E-state index is 12.7. The molecule has 0 unspecified atom stereocenters. The van der Waals surface area contributed by atoms with E-state index in [1.807, 2.05) is 6.07 Å². The summed E-state index contributed by atoms with van der Waals surface area (Å²) >= 11 is 0. The highest BCUT2D eigenvalue weighted by Crippen LogP contribution is 2.28. The van der Waals surface area contributed by atoms with Crippen molar-refractivity contribution in [3.05, 3.63) is 49.4 Å². The van der Waals surface area contributed by atoms with Crippen LogP contribution in [-0.2, 0) is 20.8 Å². The number of benzene rings is 1. The lowest BCUT2D eigenvalue weighted by atomic mass is 9.87. The number of carbonyl (C=O) groups is 3. The molecule has 0 bridgehead atoms. The number of methoxy groups -OCH3 is 2. The van der Waals surface area contributed by atoms with Crippen LogP contribution in [0.2, 0.25) is 0 Å². The van der Waals surface area contributed by atoms with Gasteiger partial charge in [-0.2, -0.15) is 0 Å². The molecule has 0 fully saturated rings.